The standard InChI is InChI=1S/C25H23F2N5O2/c1-14(15-4-6-22-21(11-15)30-25(34)23-18(26)8-10-32(22)23)31-9-7-17(19(27)13-31)16-3-5-20(29-12-16)24(33)28-2/h3-8,10-12,14,19H,9,13H2,1-2H3,(H,28,33)(H,30,34). The molecule has 2 atom stereocenters. The number of aromatic nitrogens is 3. The number of alkyl halides is 1. The van der Waals surface area contributed by atoms with E-state index in [2.05, 4.69) is 15.3 Å². The number of nitrogens with one attached hydrogen (secondary N) is 2. The van der Waals surface area contributed by atoms with Crippen LogP contribution in [0.5, 0.6) is 0 Å². The van der Waals surface area contributed by atoms with Gasteiger partial charge < -0.3 is 14.7 Å². The summed E-state index contributed by atoms with van der Waals surface area (Å²) in [5.41, 5.74) is 3.16. The normalized spacial score (nSPS) is 17.6. The maximum Gasteiger partial charge on any atom is 0.275 e. The Kier molecular flexibility index (Phi) is 5.49. The van der Waals surface area contributed by atoms with Crippen molar-refractivity contribution in [3.05, 3.63) is 87.9 Å². The molecular formula is C25H23F2N5O2. The summed E-state index contributed by atoms with van der Waals surface area (Å²) >= 11 is 0. The topological polar surface area (TPSA) is 82.5 Å². The lowest BCUT2D eigenvalue weighted by molar-refractivity contribution is 0.0958. The summed E-state index contributed by atoms with van der Waals surface area (Å²) in [4.78, 5) is 32.9. The second-order valence-corrected chi connectivity index (χ2v) is 8.38. The number of carbonyl (C=O) groups excluding carboxylic acids is 1. The number of aromatic amines is 1. The van der Waals surface area contributed by atoms with E-state index in [0.717, 1.165) is 5.56 Å². The fourth-order valence-electron chi connectivity index (χ4n) is 4.51. The number of amides is 1. The monoisotopic (exact) mass is 463 g/mol. The smallest absolute Gasteiger partial charge is 0.275 e. The zero-order valence-electron chi connectivity index (χ0n) is 18.7. The molecule has 1 amide bonds. The summed E-state index contributed by atoms with van der Waals surface area (Å²) in [5.74, 6) is -0.857. The Balaban J connectivity index is 1.39. The Bertz CT molecular complexity index is 1490. The zero-order valence-corrected chi connectivity index (χ0v) is 18.7. The zero-order chi connectivity index (χ0) is 24.0. The number of halogens is 2. The molecule has 0 bridgehead atoms. The van der Waals surface area contributed by atoms with Gasteiger partial charge in [0.05, 0.1) is 11.0 Å². The fourth-order valence-corrected chi connectivity index (χ4v) is 4.51. The molecule has 7 nitrogen and oxygen atoms in total. The minimum Gasteiger partial charge on any atom is -0.354 e. The molecule has 174 valence electrons. The molecule has 2 N–H and O–H groups in total. The highest BCUT2D eigenvalue weighted by Gasteiger charge is 2.27. The third-order valence-electron chi connectivity index (χ3n) is 6.45. The third-order valence-corrected chi connectivity index (χ3v) is 6.45. The lowest BCUT2D eigenvalue weighted by atomic mass is 9.96. The van der Waals surface area contributed by atoms with E-state index in [1.54, 1.807) is 12.1 Å². The minimum atomic E-state index is -1.22. The number of hydrogen-bond acceptors (Lipinski definition) is 4. The molecule has 34 heavy (non-hydrogen) atoms. The van der Waals surface area contributed by atoms with Crippen LogP contribution in [0.3, 0.4) is 0 Å². The summed E-state index contributed by atoms with van der Waals surface area (Å²) < 4.78 is 30.6. The molecule has 2 unspecified atom stereocenters. The highest BCUT2D eigenvalue weighted by atomic mass is 19.1. The number of rotatable bonds is 4. The molecule has 0 spiro atoms. The van der Waals surface area contributed by atoms with Crippen molar-refractivity contribution in [1.82, 2.24) is 24.6 Å². The van der Waals surface area contributed by atoms with Gasteiger partial charge >= 0.3 is 0 Å². The van der Waals surface area contributed by atoms with Crippen LogP contribution in [0.2, 0.25) is 0 Å². The number of fused-ring (bicyclic) bond motifs is 3. The summed E-state index contributed by atoms with van der Waals surface area (Å²) in [6.07, 6.45) is 3.68. The second-order valence-electron chi connectivity index (χ2n) is 8.38. The fraction of sp³-hybridized carbons (Fsp3) is 0.240. The van der Waals surface area contributed by atoms with E-state index in [0.29, 0.717) is 28.7 Å². The highest BCUT2D eigenvalue weighted by molar-refractivity contribution is 5.92. The molecule has 4 aromatic rings. The van der Waals surface area contributed by atoms with E-state index >= 15 is 4.39 Å². The van der Waals surface area contributed by atoms with Crippen molar-refractivity contribution in [3.63, 3.8) is 0 Å². The van der Waals surface area contributed by atoms with Gasteiger partial charge in [-0.25, -0.2) is 8.78 Å². The Labute approximate surface area is 193 Å². The average molecular weight is 463 g/mol. The largest absolute Gasteiger partial charge is 0.354 e. The average Bonchev–Trinajstić information content (AvgIpc) is 3.25. The van der Waals surface area contributed by atoms with Gasteiger partial charge in [0.15, 0.2) is 5.82 Å². The van der Waals surface area contributed by atoms with Crippen molar-refractivity contribution < 1.29 is 13.6 Å². The maximum atomic E-state index is 15.2. The molecule has 9 heteroatoms. The van der Waals surface area contributed by atoms with Gasteiger partial charge in [0, 0.05) is 38.6 Å². The molecule has 0 saturated heterocycles. The Morgan fingerprint density at radius 2 is 2.09 bits per heavy atom. The predicted octanol–water partition coefficient (Wildman–Crippen LogP) is 3.47. The Morgan fingerprint density at radius 1 is 1.26 bits per heavy atom. The van der Waals surface area contributed by atoms with Crippen molar-refractivity contribution in [2.75, 3.05) is 20.1 Å². The van der Waals surface area contributed by atoms with Crippen LogP contribution in [-0.2, 0) is 0 Å². The quantitative estimate of drug-likeness (QED) is 0.486. The minimum absolute atomic E-state index is 0.0138. The third kappa shape index (κ3) is 3.67. The van der Waals surface area contributed by atoms with Crippen molar-refractivity contribution in [2.24, 2.45) is 0 Å². The first-order valence-electron chi connectivity index (χ1n) is 11.0. The first-order valence-corrected chi connectivity index (χ1v) is 11.0. The van der Waals surface area contributed by atoms with Crippen LogP contribution in [-0.4, -0.2) is 51.5 Å². The number of pyridine rings is 1. The summed E-state index contributed by atoms with van der Waals surface area (Å²) in [5, 5.41) is 2.51. The lowest BCUT2D eigenvalue weighted by Crippen LogP contribution is -2.37. The molecular weight excluding hydrogens is 440 g/mol. The van der Waals surface area contributed by atoms with E-state index in [1.807, 2.05) is 36.1 Å². The summed E-state index contributed by atoms with van der Waals surface area (Å²) in [7, 11) is 1.53. The maximum absolute atomic E-state index is 15.2. The van der Waals surface area contributed by atoms with Crippen LogP contribution in [0.25, 0.3) is 22.1 Å². The van der Waals surface area contributed by atoms with E-state index in [-0.39, 0.29) is 29.7 Å². The Morgan fingerprint density at radius 3 is 2.79 bits per heavy atom. The highest BCUT2D eigenvalue weighted by Crippen LogP contribution is 2.31. The molecule has 1 aliphatic heterocycles. The number of benzene rings is 1. The summed E-state index contributed by atoms with van der Waals surface area (Å²) in [6, 6.07) is 10.0. The van der Waals surface area contributed by atoms with Gasteiger partial charge in [-0.1, -0.05) is 18.2 Å². The van der Waals surface area contributed by atoms with Crippen molar-refractivity contribution in [3.8, 4) is 0 Å². The van der Waals surface area contributed by atoms with Crippen LogP contribution in [0.15, 0.2) is 59.7 Å². The van der Waals surface area contributed by atoms with Gasteiger partial charge in [-0.15, -0.1) is 0 Å². The first-order chi connectivity index (χ1) is 16.4. The molecule has 3 aromatic heterocycles. The van der Waals surface area contributed by atoms with Gasteiger partial charge in [-0.2, -0.15) is 0 Å². The molecule has 5 rings (SSSR count). The molecule has 1 aliphatic rings. The Hall–Kier alpha value is -3.85. The second kappa shape index (κ2) is 8.49. The van der Waals surface area contributed by atoms with Crippen molar-refractivity contribution in [1.29, 1.82) is 0 Å². The lowest BCUT2D eigenvalue weighted by Gasteiger charge is -2.34. The van der Waals surface area contributed by atoms with E-state index in [9.17, 15) is 14.0 Å². The van der Waals surface area contributed by atoms with Gasteiger partial charge in [0.2, 0.25) is 0 Å². The van der Waals surface area contributed by atoms with Gasteiger partial charge in [0.25, 0.3) is 11.5 Å². The van der Waals surface area contributed by atoms with Crippen LogP contribution in [0.4, 0.5) is 8.78 Å². The molecule has 0 saturated carbocycles. The van der Waals surface area contributed by atoms with E-state index in [4.69, 9.17) is 0 Å². The van der Waals surface area contributed by atoms with Crippen molar-refractivity contribution >= 4 is 28.0 Å². The molecule has 4 heterocycles. The van der Waals surface area contributed by atoms with E-state index < -0.39 is 17.5 Å². The van der Waals surface area contributed by atoms with Gasteiger partial charge in [-0.05, 0) is 47.9 Å². The van der Waals surface area contributed by atoms with Crippen LogP contribution >= 0.6 is 0 Å². The number of H-pyrrole nitrogens is 1. The van der Waals surface area contributed by atoms with Gasteiger partial charge in [0.1, 0.15) is 17.4 Å². The van der Waals surface area contributed by atoms with Gasteiger partial charge in [-0.3, -0.25) is 19.5 Å². The number of nitrogens with zero attached hydrogens (tertiary/aromatic N) is 3. The van der Waals surface area contributed by atoms with Crippen LogP contribution in [0.1, 0.15) is 34.6 Å². The number of hydrogen-bond donors (Lipinski definition) is 2. The van der Waals surface area contributed by atoms with Crippen molar-refractivity contribution in [2.45, 2.75) is 19.1 Å². The van der Waals surface area contributed by atoms with Crippen LogP contribution in [0, 0.1) is 5.82 Å². The first kappa shape index (κ1) is 22.0. The molecule has 0 radical (unpaired) electrons. The molecule has 0 fully saturated rings. The van der Waals surface area contributed by atoms with Crippen LogP contribution < -0.4 is 10.9 Å². The van der Waals surface area contributed by atoms with E-state index in [1.165, 1.54) is 29.9 Å². The molecule has 0 aliphatic carbocycles. The number of carbonyl (C=O) groups is 1. The SMILES string of the molecule is CNC(=O)c1ccc(C2=CCN(C(C)c3ccc4c(c3)[nH]c(=O)c3c(F)ccn34)CC2F)cn1. The predicted molar refractivity (Wildman–Crippen MR) is 126 cm³/mol. The molecule has 1 aromatic carbocycles. The summed E-state index contributed by atoms with van der Waals surface area (Å²) in [6.45, 7) is 2.71.